The smallest absolute Gasteiger partial charge is 0.320 e. The SMILES string of the molecule is COC(=O)C(Br)CN1CC(C)OC(C)C1. The van der Waals surface area contributed by atoms with E-state index >= 15 is 0 Å². The molecule has 3 atom stereocenters. The first kappa shape index (κ1) is 12.9. The second kappa shape index (κ2) is 5.82. The van der Waals surface area contributed by atoms with Crippen LogP contribution in [0.3, 0.4) is 0 Å². The lowest BCUT2D eigenvalue weighted by Crippen LogP contribution is -2.48. The van der Waals surface area contributed by atoms with Crippen molar-refractivity contribution in [1.29, 1.82) is 0 Å². The van der Waals surface area contributed by atoms with Crippen molar-refractivity contribution in [3.63, 3.8) is 0 Å². The third-order valence-corrected chi connectivity index (χ3v) is 3.03. The van der Waals surface area contributed by atoms with Crippen molar-refractivity contribution < 1.29 is 14.3 Å². The van der Waals surface area contributed by atoms with Crippen molar-refractivity contribution in [2.45, 2.75) is 30.9 Å². The Morgan fingerprint density at radius 1 is 1.53 bits per heavy atom. The molecular formula is C10H18BrNO3. The van der Waals surface area contributed by atoms with E-state index in [9.17, 15) is 4.79 Å². The zero-order valence-corrected chi connectivity index (χ0v) is 11.0. The number of esters is 1. The van der Waals surface area contributed by atoms with Crippen LogP contribution < -0.4 is 0 Å². The van der Waals surface area contributed by atoms with Crippen LogP contribution in [-0.2, 0) is 14.3 Å². The van der Waals surface area contributed by atoms with E-state index in [-0.39, 0.29) is 23.0 Å². The summed E-state index contributed by atoms with van der Waals surface area (Å²) in [5.74, 6) is -0.221. The summed E-state index contributed by atoms with van der Waals surface area (Å²) in [7, 11) is 1.40. The van der Waals surface area contributed by atoms with Gasteiger partial charge in [-0.25, -0.2) is 0 Å². The number of carbonyl (C=O) groups is 1. The first-order valence-corrected chi connectivity index (χ1v) is 6.04. The fraction of sp³-hybridized carbons (Fsp3) is 0.900. The van der Waals surface area contributed by atoms with Crippen LogP contribution in [0.15, 0.2) is 0 Å². The van der Waals surface area contributed by atoms with Crippen LogP contribution in [0.25, 0.3) is 0 Å². The minimum absolute atomic E-state index is 0.221. The second-order valence-corrected chi connectivity index (χ2v) is 5.07. The van der Waals surface area contributed by atoms with E-state index in [1.165, 1.54) is 7.11 Å². The first-order valence-electron chi connectivity index (χ1n) is 5.12. The van der Waals surface area contributed by atoms with E-state index < -0.39 is 0 Å². The van der Waals surface area contributed by atoms with Crippen LogP contribution in [0.1, 0.15) is 13.8 Å². The lowest BCUT2D eigenvalue weighted by atomic mass is 10.2. The van der Waals surface area contributed by atoms with Crippen LogP contribution in [0.2, 0.25) is 0 Å². The summed E-state index contributed by atoms with van der Waals surface area (Å²) in [4.78, 5) is 13.2. The summed E-state index contributed by atoms with van der Waals surface area (Å²) in [6.07, 6.45) is 0.456. The molecule has 0 spiro atoms. The van der Waals surface area contributed by atoms with Crippen molar-refractivity contribution in [1.82, 2.24) is 4.90 Å². The molecule has 88 valence electrons. The van der Waals surface area contributed by atoms with Crippen LogP contribution >= 0.6 is 15.9 Å². The average Bonchev–Trinajstić information content (AvgIpc) is 2.14. The molecule has 0 aliphatic carbocycles. The van der Waals surface area contributed by atoms with Gasteiger partial charge in [0.05, 0.1) is 19.3 Å². The number of hydrogen-bond acceptors (Lipinski definition) is 4. The molecule has 0 amide bonds. The topological polar surface area (TPSA) is 38.8 Å². The van der Waals surface area contributed by atoms with Gasteiger partial charge in [-0.15, -0.1) is 0 Å². The number of alkyl halides is 1. The Kier molecular flexibility index (Phi) is 5.02. The number of morpholine rings is 1. The monoisotopic (exact) mass is 279 g/mol. The number of rotatable bonds is 3. The molecule has 0 aromatic rings. The van der Waals surface area contributed by atoms with Crippen molar-refractivity contribution in [3.8, 4) is 0 Å². The molecule has 1 aliphatic heterocycles. The Labute approximate surface area is 99.0 Å². The molecular weight excluding hydrogens is 262 g/mol. The van der Waals surface area contributed by atoms with Crippen molar-refractivity contribution >= 4 is 21.9 Å². The van der Waals surface area contributed by atoms with E-state index in [0.29, 0.717) is 6.54 Å². The van der Waals surface area contributed by atoms with Crippen molar-refractivity contribution in [2.75, 3.05) is 26.7 Å². The van der Waals surface area contributed by atoms with Gasteiger partial charge in [-0.1, -0.05) is 15.9 Å². The van der Waals surface area contributed by atoms with Crippen LogP contribution in [-0.4, -0.2) is 54.6 Å². The van der Waals surface area contributed by atoms with Gasteiger partial charge in [-0.2, -0.15) is 0 Å². The van der Waals surface area contributed by atoms with E-state index in [1.807, 2.05) is 13.8 Å². The number of carbonyl (C=O) groups excluding carboxylic acids is 1. The molecule has 0 radical (unpaired) electrons. The Hall–Kier alpha value is -0.130. The molecule has 15 heavy (non-hydrogen) atoms. The second-order valence-electron chi connectivity index (χ2n) is 3.97. The van der Waals surface area contributed by atoms with Gasteiger partial charge in [-0.05, 0) is 13.8 Å². The van der Waals surface area contributed by atoms with Crippen LogP contribution in [0.5, 0.6) is 0 Å². The highest BCUT2D eigenvalue weighted by Gasteiger charge is 2.26. The number of nitrogens with zero attached hydrogens (tertiary/aromatic N) is 1. The third-order valence-electron chi connectivity index (χ3n) is 2.37. The molecule has 0 aromatic carbocycles. The molecule has 4 nitrogen and oxygen atoms in total. The maximum atomic E-state index is 11.2. The van der Waals surface area contributed by atoms with Crippen molar-refractivity contribution in [3.05, 3.63) is 0 Å². The van der Waals surface area contributed by atoms with E-state index in [2.05, 4.69) is 25.6 Å². The minimum atomic E-state index is -0.250. The first-order chi connectivity index (χ1) is 7.02. The lowest BCUT2D eigenvalue weighted by Gasteiger charge is -2.35. The molecule has 0 bridgehead atoms. The molecule has 0 aromatic heterocycles. The Bertz CT molecular complexity index is 215. The summed E-state index contributed by atoms with van der Waals surface area (Å²) in [6, 6.07) is 0. The van der Waals surface area contributed by atoms with E-state index in [4.69, 9.17) is 4.74 Å². The zero-order valence-electron chi connectivity index (χ0n) is 9.40. The molecule has 0 N–H and O–H groups in total. The fourth-order valence-corrected chi connectivity index (χ4v) is 2.46. The summed E-state index contributed by atoms with van der Waals surface area (Å²) < 4.78 is 10.3. The maximum absolute atomic E-state index is 11.2. The molecule has 1 aliphatic rings. The number of methoxy groups -OCH3 is 1. The molecule has 1 rings (SSSR count). The lowest BCUT2D eigenvalue weighted by molar-refractivity contribution is -0.140. The highest BCUT2D eigenvalue weighted by atomic mass is 79.9. The summed E-state index contributed by atoms with van der Waals surface area (Å²) in [6.45, 7) is 6.49. The molecule has 1 saturated heterocycles. The highest BCUT2D eigenvalue weighted by molar-refractivity contribution is 9.10. The maximum Gasteiger partial charge on any atom is 0.320 e. The number of halogens is 1. The summed E-state index contributed by atoms with van der Waals surface area (Å²) >= 11 is 3.32. The number of ether oxygens (including phenoxy) is 2. The van der Waals surface area contributed by atoms with Gasteiger partial charge in [0, 0.05) is 19.6 Å². The quantitative estimate of drug-likeness (QED) is 0.572. The molecule has 0 saturated carbocycles. The van der Waals surface area contributed by atoms with Gasteiger partial charge >= 0.3 is 5.97 Å². The highest BCUT2D eigenvalue weighted by Crippen LogP contribution is 2.13. The standard InChI is InChI=1S/C10H18BrNO3/c1-7-4-12(5-8(2)15-7)6-9(11)10(13)14-3/h7-9H,4-6H2,1-3H3. The van der Waals surface area contributed by atoms with Gasteiger partial charge < -0.3 is 9.47 Å². The third kappa shape index (κ3) is 4.09. The van der Waals surface area contributed by atoms with Crippen molar-refractivity contribution in [2.24, 2.45) is 0 Å². The van der Waals surface area contributed by atoms with Gasteiger partial charge in [0.1, 0.15) is 4.83 Å². The molecule has 1 heterocycles. The van der Waals surface area contributed by atoms with Crippen LogP contribution in [0.4, 0.5) is 0 Å². The minimum Gasteiger partial charge on any atom is -0.468 e. The predicted molar refractivity (Wildman–Crippen MR) is 61.2 cm³/mol. The van der Waals surface area contributed by atoms with Gasteiger partial charge in [-0.3, -0.25) is 9.69 Å². The Morgan fingerprint density at radius 3 is 2.53 bits per heavy atom. The fourth-order valence-electron chi connectivity index (χ4n) is 1.86. The molecule has 1 fully saturated rings. The Morgan fingerprint density at radius 2 is 2.07 bits per heavy atom. The van der Waals surface area contributed by atoms with Crippen LogP contribution in [0, 0.1) is 0 Å². The predicted octanol–water partition coefficient (Wildman–Crippen LogP) is 1.03. The van der Waals surface area contributed by atoms with E-state index in [0.717, 1.165) is 13.1 Å². The molecule has 3 unspecified atom stereocenters. The normalized spacial score (nSPS) is 29.9. The van der Waals surface area contributed by atoms with Gasteiger partial charge in [0.25, 0.3) is 0 Å². The van der Waals surface area contributed by atoms with E-state index in [1.54, 1.807) is 0 Å². The van der Waals surface area contributed by atoms with Gasteiger partial charge in [0.2, 0.25) is 0 Å². The largest absolute Gasteiger partial charge is 0.468 e. The molecule has 5 heteroatoms. The summed E-state index contributed by atoms with van der Waals surface area (Å²) in [5, 5.41) is 0. The zero-order chi connectivity index (χ0) is 11.4. The average molecular weight is 280 g/mol. The Balaban J connectivity index is 2.40. The summed E-state index contributed by atoms with van der Waals surface area (Å²) in [5.41, 5.74) is 0. The van der Waals surface area contributed by atoms with Gasteiger partial charge in [0.15, 0.2) is 0 Å². The number of hydrogen-bond donors (Lipinski definition) is 0.